The van der Waals surface area contributed by atoms with Crippen molar-refractivity contribution in [2.75, 3.05) is 0 Å². The van der Waals surface area contributed by atoms with Gasteiger partial charge >= 0.3 is 5.97 Å². The molecular weight excluding hydrogens is 170 g/mol. The number of nitrogens with one attached hydrogen (secondary N) is 1. The molecule has 4 nitrogen and oxygen atoms in total. The van der Waals surface area contributed by atoms with Crippen LogP contribution in [0.1, 0.15) is 12.0 Å². The number of phenols is 1. The van der Waals surface area contributed by atoms with Gasteiger partial charge in [-0.25, -0.2) is 0 Å². The maximum Gasteiger partial charge on any atom is 0.309 e. The first-order valence-electron chi connectivity index (χ1n) is 3.68. The average molecular weight is 179 g/mol. The van der Waals surface area contributed by atoms with Crippen LogP contribution in [0.3, 0.4) is 0 Å². The normalized spacial score (nSPS) is 9.54. The van der Waals surface area contributed by atoms with Gasteiger partial charge in [0.25, 0.3) is 0 Å². The molecule has 4 heteroatoms. The minimum Gasteiger partial charge on any atom is -0.508 e. The first-order chi connectivity index (χ1) is 6.09. The van der Waals surface area contributed by atoms with Gasteiger partial charge in [-0.1, -0.05) is 0 Å². The Morgan fingerprint density at radius 3 is 2.31 bits per heavy atom. The zero-order valence-corrected chi connectivity index (χ0v) is 6.82. The highest BCUT2D eigenvalue weighted by molar-refractivity contribution is 6.07. The lowest BCUT2D eigenvalue weighted by Gasteiger charge is -2.00. The number of carbonyl (C=O) groups is 1. The van der Waals surface area contributed by atoms with Gasteiger partial charge in [0.05, 0.1) is 6.42 Å². The van der Waals surface area contributed by atoms with E-state index in [1.54, 1.807) is 0 Å². The third kappa shape index (κ3) is 2.59. The fourth-order valence-electron chi connectivity index (χ4n) is 0.916. The van der Waals surface area contributed by atoms with Gasteiger partial charge in [0.1, 0.15) is 5.75 Å². The first kappa shape index (κ1) is 9.25. The number of hydrogen-bond donors (Lipinski definition) is 3. The number of benzene rings is 1. The second kappa shape index (κ2) is 3.71. The molecule has 0 spiro atoms. The highest BCUT2D eigenvalue weighted by Gasteiger charge is 2.05. The molecule has 0 fully saturated rings. The van der Waals surface area contributed by atoms with E-state index in [0.29, 0.717) is 5.56 Å². The predicted octanol–water partition coefficient (Wildman–Crippen LogP) is 1.23. The first-order valence-corrected chi connectivity index (χ1v) is 3.68. The van der Waals surface area contributed by atoms with Gasteiger partial charge in [0, 0.05) is 5.71 Å². The van der Waals surface area contributed by atoms with E-state index in [2.05, 4.69) is 0 Å². The summed E-state index contributed by atoms with van der Waals surface area (Å²) >= 11 is 0. The van der Waals surface area contributed by atoms with Crippen LogP contribution < -0.4 is 0 Å². The summed E-state index contributed by atoms with van der Waals surface area (Å²) in [4.78, 5) is 10.3. The van der Waals surface area contributed by atoms with Crippen LogP contribution in [0, 0.1) is 5.41 Å². The summed E-state index contributed by atoms with van der Waals surface area (Å²) in [6, 6.07) is 5.87. The van der Waals surface area contributed by atoms with Crippen molar-refractivity contribution in [1.29, 1.82) is 5.41 Å². The van der Waals surface area contributed by atoms with Crippen molar-refractivity contribution in [2.24, 2.45) is 0 Å². The van der Waals surface area contributed by atoms with E-state index in [1.807, 2.05) is 0 Å². The van der Waals surface area contributed by atoms with E-state index in [0.717, 1.165) is 0 Å². The Balaban J connectivity index is 2.78. The molecule has 0 amide bonds. The number of hydrogen-bond acceptors (Lipinski definition) is 3. The van der Waals surface area contributed by atoms with Crippen molar-refractivity contribution < 1.29 is 15.0 Å². The quantitative estimate of drug-likeness (QED) is 0.610. The van der Waals surface area contributed by atoms with E-state index in [-0.39, 0.29) is 17.9 Å². The van der Waals surface area contributed by atoms with Gasteiger partial charge in [-0.3, -0.25) is 4.79 Å². The highest BCUT2D eigenvalue weighted by Crippen LogP contribution is 2.10. The summed E-state index contributed by atoms with van der Waals surface area (Å²) in [5.74, 6) is -0.926. The third-order valence-electron chi connectivity index (χ3n) is 1.54. The van der Waals surface area contributed by atoms with Gasteiger partial charge < -0.3 is 15.6 Å². The Bertz CT molecular complexity index is 329. The van der Waals surface area contributed by atoms with Gasteiger partial charge in [-0.15, -0.1) is 0 Å². The molecule has 1 aromatic rings. The van der Waals surface area contributed by atoms with Gasteiger partial charge in [0.15, 0.2) is 0 Å². The molecule has 0 atom stereocenters. The zero-order valence-electron chi connectivity index (χ0n) is 6.82. The van der Waals surface area contributed by atoms with Crippen LogP contribution in [0.4, 0.5) is 0 Å². The van der Waals surface area contributed by atoms with Crippen LogP contribution >= 0.6 is 0 Å². The molecule has 0 aliphatic carbocycles. The standard InChI is InChI=1S/C9H9NO3/c10-8(5-9(12)13)6-1-3-7(11)4-2-6/h1-4,10-11H,5H2,(H,12,13). The maximum atomic E-state index is 10.3. The van der Waals surface area contributed by atoms with Gasteiger partial charge in [-0.05, 0) is 29.8 Å². The lowest BCUT2D eigenvalue weighted by molar-refractivity contribution is -0.135. The Morgan fingerprint density at radius 1 is 1.31 bits per heavy atom. The van der Waals surface area contributed by atoms with Crippen LogP contribution in [0.15, 0.2) is 24.3 Å². The summed E-state index contributed by atoms with van der Waals surface area (Å²) < 4.78 is 0. The molecule has 0 aliphatic rings. The topological polar surface area (TPSA) is 81.4 Å². The lowest BCUT2D eigenvalue weighted by Crippen LogP contribution is -2.06. The molecule has 0 unspecified atom stereocenters. The summed E-state index contributed by atoms with van der Waals surface area (Å²) in [5.41, 5.74) is 0.549. The van der Waals surface area contributed by atoms with Gasteiger partial charge in [-0.2, -0.15) is 0 Å². The van der Waals surface area contributed by atoms with Gasteiger partial charge in [0.2, 0.25) is 0 Å². The van der Waals surface area contributed by atoms with Crippen LogP contribution in [0.2, 0.25) is 0 Å². The van der Waals surface area contributed by atoms with Crippen molar-refractivity contribution >= 4 is 11.7 Å². The summed E-state index contributed by atoms with van der Waals surface area (Å²) in [5, 5.41) is 24.7. The minimum absolute atomic E-state index is 0.0347. The summed E-state index contributed by atoms with van der Waals surface area (Å²) in [7, 11) is 0. The smallest absolute Gasteiger partial charge is 0.309 e. The Kier molecular flexibility index (Phi) is 2.64. The molecule has 1 aromatic carbocycles. The number of carboxylic acid groups (broad SMARTS) is 1. The van der Waals surface area contributed by atoms with E-state index in [4.69, 9.17) is 15.6 Å². The largest absolute Gasteiger partial charge is 0.508 e. The number of carboxylic acids is 1. The van der Waals surface area contributed by atoms with Crippen molar-refractivity contribution in [1.82, 2.24) is 0 Å². The fourth-order valence-corrected chi connectivity index (χ4v) is 0.916. The molecule has 0 radical (unpaired) electrons. The molecule has 0 aromatic heterocycles. The molecule has 0 bridgehead atoms. The van der Waals surface area contributed by atoms with Crippen LogP contribution in [-0.2, 0) is 4.79 Å². The molecule has 0 saturated carbocycles. The maximum absolute atomic E-state index is 10.3. The van der Waals surface area contributed by atoms with Crippen LogP contribution in [0.25, 0.3) is 0 Å². The second-order valence-electron chi connectivity index (χ2n) is 2.60. The summed E-state index contributed by atoms with van der Waals surface area (Å²) in [6.45, 7) is 0. The monoisotopic (exact) mass is 179 g/mol. The number of phenolic OH excluding ortho intramolecular Hbond substituents is 1. The zero-order chi connectivity index (χ0) is 9.84. The summed E-state index contributed by atoms with van der Waals surface area (Å²) in [6.07, 6.45) is -0.301. The minimum atomic E-state index is -1.03. The van der Waals surface area contributed by atoms with E-state index >= 15 is 0 Å². The molecule has 68 valence electrons. The highest BCUT2D eigenvalue weighted by atomic mass is 16.4. The molecule has 13 heavy (non-hydrogen) atoms. The van der Waals surface area contributed by atoms with Crippen LogP contribution in [0.5, 0.6) is 5.75 Å². The molecule has 3 N–H and O–H groups in total. The van der Waals surface area contributed by atoms with E-state index in [9.17, 15) is 4.79 Å². The predicted molar refractivity (Wildman–Crippen MR) is 47.2 cm³/mol. The number of aliphatic carboxylic acids is 1. The van der Waals surface area contributed by atoms with Crippen molar-refractivity contribution in [3.63, 3.8) is 0 Å². The van der Waals surface area contributed by atoms with Crippen molar-refractivity contribution in [3.05, 3.63) is 29.8 Å². The second-order valence-corrected chi connectivity index (χ2v) is 2.60. The molecule has 0 saturated heterocycles. The molecule has 1 rings (SSSR count). The molecular formula is C9H9NO3. The third-order valence-corrected chi connectivity index (χ3v) is 1.54. The van der Waals surface area contributed by atoms with E-state index in [1.165, 1.54) is 24.3 Å². The fraction of sp³-hybridized carbons (Fsp3) is 0.111. The Morgan fingerprint density at radius 2 is 1.85 bits per heavy atom. The van der Waals surface area contributed by atoms with Crippen LogP contribution in [-0.4, -0.2) is 21.9 Å². The Labute approximate surface area is 75.0 Å². The molecule has 0 heterocycles. The lowest BCUT2D eigenvalue weighted by atomic mass is 10.1. The number of rotatable bonds is 3. The molecule has 0 aliphatic heterocycles. The SMILES string of the molecule is N=C(CC(=O)O)c1ccc(O)cc1. The Hall–Kier alpha value is -1.84. The average Bonchev–Trinajstić information content (AvgIpc) is 2.04. The van der Waals surface area contributed by atoms with E-state index < -0.39 is 5.97 Å². The van der Waals surface area contributed by atoms with Crippen molar-refractivity contribution in [3.8, 4) is 5.75 Å². The number of aromatic hydroxyl groups is 1. The van der Waals surface area contributed by atoms with Crippen molar-refractivity contribution in [2.45, 2.75) is 6.42 Å².